The number of pyridine rings is 1. The molecule has 0 saturated carbocycles. The molecule has 6 nitrogen and oxygen atoms in total. The molecule has 0 saturated heterocycles. The normalized spacial score (nSPS) is 10.3. The van der Waals surface area contributed by atoms with Crippen LogP contribution in [0.3, 0.4) is 0 Å². The van der Waals surface area contributed by atoms with Crippen molar-refractivity contribution in [3.63, 3.8) is 0 Å². The molecule has 2 aromatic heterocycles. The van der Waals surface area contributed by atoms with Crippen molar-refractivity contribution in [1.29, 1.82) is 0 Å². The minimum absolute atomic E-state index is 0.255. The topological polar surface area (TPSA) is 79.8 Å². The Labute approximate surface area is 146 Å². The van der Waals surface area contributed by atoms with Crippen molar-refractivity contribution in [2.24, 2.45) is 0 Å². The van der Waals surface area contributed by atoms with Gasteiger partial charge in [0.15, 0.2) is 0 Å². The quantitative estimate of drug-likeness (QED) is 0.750. The number of hydrogen-bond acceptors (Lipinski definition) is 5. The van der Waals surface area contributed by atoms with Crippen molar-refractivity contribution in [1.82, 2.24) is 20.3 Å². The van der Waals surface area contributed by atoms with E-state index in [0.717, 1.165) is 11.3 Å². The van der Waals surface area contributed by atoms with E-state index in [1.165, 1.54) is 11.1 Å². The van der Waals surface area contributed by atoms with Gasteiger partial charge in [0.1, 0.15) is 5.69 Å². The molecule has 0 atom stereocenters. The first-order chi connectivity index (χ1) is 12.1. The zero-order chi connectivity index (χ0) is 17.6. The Morgan fingerprint density at radius 1 is 1.08 bits per heavy atom. The lowest BCUT2D eigenvalue weighted by Gasteiger charge is -2.09. The monoisotopic (exact) mass is 333 g/mol. The lowest BCUT2D eigenvalue weighted by atomic mass is 10.1. The number of carbonyl (C=O) groups excluding carboxylic acids is 1. The van der Waals surface area contributed by atoms with Crippen LogP contribution in [-0.2, 0) is 6.54 Å². The van der Waals surface area contributed by atoms with E-state index in [9.17, 15) is 4.79 Å². The van der Waals surface area contributed by atoms with Crippen LogP contribution in [0.4, 0.5) is 11.6 Å². The fourth-order valence-corrected chi connectivity index (χ4v) is 2.27. The van der Waals surface area contributed by atoms with Crippen LogP contribution in [0.15, 0.2) is 55.0 Å². The zero-order valence-corrected chi connectivity index (χ0v) is 14.2. The van der Waals surface area contributed by atoms with Gasteiger partial charge >= 0.3 is 0 Å². The van der Waals surface area contributed by atoms with Gasteiger partial charge in [0, 0.05) is 30.8 Å². The number of nitrogens with one attached hydrogen (secondary N) is 2. The number of aryl methyl sites for hydroxylation is 2. The molecule has 0 aliphatic rings. The third-order valence-corrected chi connectivity index (χ3v) is 3.83. The van der Waals surface area contributed by atoms with Gasteiger partial charge in [0.2, 0.25) is 5.95 Å². The maximum atomic E-state index is 12.3. The van der Waals surface area contributed by atoms with Crippen molar-refractivity contribution in [3.8, 4) is 0 Å². The molecule has 0 unspecified atom stereocenters. The largest absolute Gasteiger partial charge is 0.347 e. The van der Waals surface area contributed by atoms with Crippen molar-refractivity contribution in [3.05, 3.63) is 77.4 Å². The fraction of sp³-hybridized carbons (Fsp3) is 0.158. The lowest BCUT2D eigenvalue weighted by Crippen LogP contribution is -2.24. The highest BCUT2D eigenvalue weighted by Gasteiger charge is 2.09. The Kier molecular flexibility index (Phi) is 4.99. The van der Waals surface area contributed by atoms with Crippen LogP contribution in [-0.4, -0.2) is 20.9 Å². The van der Waals surface area contributed by atoms with Crippen molar-refractivity contribution in [2.45, 2.75) is 20.4 Å². The van der Waals surface area contributed by atoms with Crippen molar-refractivity contribution in [2.75, 3.05) is 5.32 Å². The van der Waals surface area contributed by atoms with Gasteiger partial charge < -0.3 is 10.6 Å². The summed E-state index contributed by atoms with van der Waals surface area (Å²) in [7, 11) is 0. The molecular weight excluding hydrogens is 314 g/mol. The molecule has 6 heteroatoms. The summed E-state index contributed by atoms with van der Waals surface area (Å²) in [6.45, 7) is 4.50. The van der Waals surface area contributed by atoms with E-state index < -0.39 is 0 Å². The molecule has 1 amide bonds. The van der Waals surface area contributed by atoms with Crippen molar-refractivity contribution < 1.29 is 4.79 Å². The summed E-state index contributed by atoms with van der Waals surface area (Å²) >= 11 is 0. The van der Waals surface area contributed by atoms with E-state index in [2.05, 4.69) is 32.5 Å². The predicted molar refractivity (Wildman–Crippen MR) is 96.6 cm³/mol. The highest BCUT2D eigenvalue weighted by atomic mass is 16.1. The highest BCUT2D eigenvalue weighted by molar-refractivity contribution is 5.92. The summed E-state index contributed by atoms with van der Waals surface area (Å²) in [6, 6.07) is 11.3. The first kappa shape index (κ1) is 16.6. The molecule has 0 spiro atoms. The molecule has 126 valence electrons. The number of benzene rings is 1. The Morgan fingerprint density at radius 2 is 1.96 bits per heavy atom. The molecule has 0 radical (unpaired) electrons. The summed E-state index contributed by atoms with van der Waals surface area (Å²) < 4.78 is 0. The number of hydrogen-bond donors (Lipinski definition) is 2. The number of rotatable bonds is 5. The number of anilines is 2. The summed E-state index contributed by atoms with van der Waals surface area (Å²) in [4.78, 5) is 24.8. The van der Waals surface area contributed by atoms with Gasteiger partial charge in [-0.15, -0.1) is 0 Å². The van der Waals surface area contributed by atoms with E-state index in [1.807, 2.05) is 37.3 Å². The molecule has 0 aliphatic carbocycles. The molecule has 0 bridgehead atoms. The molecule has 1 aromatic carbocycles. The predicted octanol–water partition coefficient (Wildman–Crippen LogP) is 3.16. The zero-order valence-electron chi connectivity index (χ0n) is 14.2. The van der Waals surface area contributed by atoms with Crippen LogP contribution < -0.4 is 10.6 Å². The Hall–Kier alpha value is -3.28. The van der Waals surface area contributed by atoms with Crippen LogP contribution >= 0.6 is 0 Å². The molecule has 0 fully saturated rings. The summed E-state index contributed by atoms with van der Waals surface area (Å²) in [5.41, 5.74) is 4.52. The molecule has 3 aromatic rings. The van der Waals surface area contributed by atoms with Gasteiger partial charge in [0.25, 0.3) is 5.91 Å². The maximum Gasteiger partial charge on any atom is 0.270 e. The second-order valence-electron chi connectivity index (χ2n) is 5.73. The number of nitrogens with zero attached hydrogens (tertiary/aromatic N) is 3. The van der Waals surface area contributed by atoms with Gasteiger partial charge in [-0.2, -0.15) is 0 Å². The van der Waals surface area contributed by atoms with Gasteiger partial charge in [-0.3, -0.25) is 9.78 Å². The highest BCUT2D eigenvalue weighted by Crippen LogP contribution is 2.17. The summed E-state index contributed by atoms with van der Waals surface area (Å²) in [5, 5.41) is 5.95. The smallest absolute Gasteiger partial charge is 0.270 e. The molecular formula is C19H19N5O. The first-order valence-electron chi connectivity index (χ1n) is 7.96. The second-order valence-corrected chi connectivity index (χ2v) is 5.73. The molecule has 2 N–H and O–H groups in total. The second kappa shape index (κ2) is 7.53. The van der Waals surface area contributed by atoms with Crippen LogP contribution in [0.25, 0.3) is 0 Å². The minimum Gasteiger partial charge on any atom is -0.347 e. The SMILES string of the molecule is Cc1ccc(Nc2nccc(C(=O)NCc3cccnc3)n2)cc1C. The van der Waals surface area contributed by atoms with E-state index in [1.54, 1.807) is 24.7 Å². The third kappa shape index (κ3) is 4.38. The van der Waals surface area contributed by atoms with Crippen molar-refractivity contribution >= 4 is 17.5 Å². The Morgan fingerprint density at radius 3 is 2.72 bits per heavy atom. The summed E-state index contributed by atoms with van der Waals surface area (Å²) in [6.07, 6.45) is 4.98. The number of amides is 1. The fourth-order valence-electron chi connectivity index (χ4n) is 2.27. The van der Waals surface area contributed by atoms with Crippen LogP contribution in [0.5, 0.6) is 0 Å². The van der Waals surface area contributed by atoms with E-state index in [4.69, 9.17) is 0 Å². The van der Waals surface area contributed by atoms with Gasteiger partial charge in [-0.1, -0.05) is 12.1 Å². The number of carbonyl (C=O) groups is 1. The molecule has 3 rings (SSSR count). The Bertz CT molecular complexity index is 880. The average Bonchev–Trinajstić information content (AvgIpc) is 2.64. The van der Waals surface area contributed by atoms with Crippen LogP contribution in [0, 0.1) is 13.8 Å². The van der Waals surface area contributed by atoms with Crippen LogP contribution in [0.2, 0.25) is 0 Å². The maximum absolute atomic E-state index is 12.3. The van der Waals surface area contributed by atoms with E-state index in [-0.39, 0.29) is 5.91 Å². The van der Waals surface area contributed by atoms with Gasteiger partial charge in [-0.25, -0.2) is 9.97 Å². The molecule has 0 aliphatic heterocycles. The van der Waals surface area contributed by atoms with E-state index >= 15 is 0 Å². The Balaban J connectivity index is 1.68. The van der Waals surface area contributed by atoms with Crippen LogP contribution in [0.1, 0.15) is 27.2 Å². The standard InChI is InChI=1S/C19H19N5O/c1-13-5-6-16(10-14(13)2)23-19-21-9-7-17(24-19)18(25)22-12-15-4-3-8-20-11-15/h3-11H,12H2,1-2H3,(H,22,25)(H,21,23,24). The van der Waals surface area contributed by atoms with Gasteiger partial charge in [0.05, 0.1) is 0 Å². The first-order valence-corrected chi connectivity index (χ1v) is 7.96. The van der Waals surface area contributed by atoms with Gasteiger partial charge in [-0.05, 0) is 54.8 Å². The third-order valence-electron chi connectivity index (χ3n) is 3.83. The number of aromatic nitrogens is 3. The van der Waals surface area contributed by atoms with E-state index in [0.29, 0.717) is 18.2 Å². The summed E-state index contributed by atoms with van der Waals surface area (Å²) in [5.74, 6) is 0.131. The minimum atomic E-state index is -0.255. The lowest BCUT2D eigenvalue weighted by molar-refractivity contribution is 0.0946. The average molecular weight is 333 g/mol. The molecule has 2 heterocycles. The molecule has 25 heavy (non-hydrogen) atoms.